The summed E-state index contributed by atoms with van der Waals surface area (Å²) < 4.78 is 2.05. The highest BCUT2D eigenvalue weighted by Gasteiger charge is 2.23. The number of hydrogen-bond donors (Lipinski definition) is 3. The Bertz CT molecular complexity index is 1230. The lowest BCUT2D eigenvalue weighted by atomic mass is 10.1. The van der Waals surface area contributed by atoms with Gasteiger partial charge in [-0.05, 0) is 25.0 Å². The average Bonchev–Trinajstić information content (AvgIpc) is 3.54. The molecule has 1 amide bonds. The van der Waals surface area contributed by atoms with E-state index in [9.17, 15) is 4.79 Å². The first kappa shape index (κ1) is 20.5. The molecular weight excluding hydrogens is 420 g/mol. The molecule has 0 radical (unpaired) electrons. The second kappa shape index (κ2) is 9.02. The number of fused-ring (bicyclic) bond motifs is 1. The van der Waals surface area contributed by atoms with Crippen molar-refractivity contribution in [1.82, 2.24) is 19.7 Å². The summed E-state index contributed by atoms with van der Waals surface area (Å²) in [5.74, 6) is 1.46. The molecule has 2 heterocycles. The van der Waals surface area contributed by atoms with Crippen LogP contribution in [0.25, 0.3) is 28.2 Å². The van der Waals surface area contributed by atoms with Crippen LogP contribution in [0.15, 0.2) is 67.0 Å². The topological polar surface area (TPSA) is 97.3 Å². The highest BCUT2D eigenvalue weighted by molar-refractivity contribution is 7.97. The van der Waals surface area contributed by atoms with Crippen molar-refractivity contribution in [3.05, 3.63) is 72.6 Å². The third-order valence-corrected chi connectivity index (χ3v) is 5.87. The minimum absolute atomic E-state index is 0.0167. The molecule has 0 spiro atoms. The van der Waals surface area contributed by atoms with Crippen LogP contribution < -0.4 is 15.8 Å². The lowest BCUT2D eigenvalue weighted by Gasteiger charge is -2.11. The molecule has 8 heteroatoms. The van der Waals surface area contributed by atoms with E-state index >= 15 is 0 Å². The minimum atomic E-state index is -0.0167. The number of imidazole rings is 1. The fourth-order valence-corrected chi connectivity index (χ4v) is 3.81. The molecule has 1 aliphatic carbocycles. The minimum Gasteiger partial charge on any atom is -0.366 e. The summed E-state index contributed by atoms with van der Waals surface area (Å²) in [6, 6.07) is 18.1. The molecule has 0 bridgehead atoms. The van der Waals surface area contributed by atoms with Gasteiger partial charge in [0.2, 0.25) is 0 Å². The molecule has 2 aromatic carbocycles. The molecule has 0 unspecified atom stereocenters. The molecular formula is C24H24N6OS. The predicted octanol–water partition coefficient (Wildman–Crippen LogP) is 3.97. The average molecular weight is 445 g/mol. The number of carbonyl (C=O) groups excluding carboxylic acids is 1. The Labute approximate surface area is 190 Å². The molecule has 162 valence electrons. The smallest absolute Gasteiger partial charge is 0.251 e. The maximum Gasteiger partial charge on any atom is 0.251 e. The van der Waals surface area contributed by atoms with E-state index in [1.807, 2.05) is 71.4 Å². The van der Waals surface area contributed by atoms with Gasteiger partial charge in [-0.3, -0.25) is 14.3 Å². The molecule has 1 aliphatic rings. The second-order valence-corrected chi connectivity index (χ2v) is 8.54. The van der Waals surface area contributed by atoms with Crippen LogP contribution >= 0.6 is 11.9 Å². The van der Waals surface area contributed by atoms with Crippen LogP contribution in [0.1, 0.15) is 23.2 Å². The maximum absolute atomic E-state index is 12.3. The second-order valence-electron chi connectivity index (χ2n) is 7.80. The molecule has 0 atom stereocenters. The monoisotopic (exact) mass is 444 g/mol. The van der Waals surface area contributed by atoms with E-state index in [-0.39, 0.29) is 5.91 Å². The van der Waals surface area contributed by atoms with Crippen LogP contribution in [0, 0.1) is 0 Å². The third kappa shape index (κ3) is 4.32. The van der Waals surface area contributed by atoms with Gasteiger partial charge in [-0.2, -0.15) is 0 Å². The number of anilines is 1. The number of nitrogens with zero attached hydrogens (tertiary/aromatic N) is 3. The predicted molar refractivity (Wildman–Crippen MR) is 129 cm³/mol. The summed E-state index contributed by atoms with van der Waals surface area (Å²) in [6.45, 7) is 0.690. The molecule has 1 fully saturated rings. The van der Waals surface area contributed by atoms with Gasteiger partial charge >= 0.3 is 0 Å². The highest BCUT2D eigenvalue weighted by atomic mass is 32.2. The normalized spacial score (nSPS) is 13.3. The summed E-state index contributed by atoms with van der Waals surface area (Å²) in [4.78, 5) is 21.8. The van der Waals surface area contributed by atoms with Crippen molar-refractivity contribution in [1.29, 1.82) is 0 Å². The molecule has 4 N–H and O–H groups in total. The van der Waals surface area contributed by atoms with Crippen molar-refractivity contribution in [2.45, 2.75) is 18.9 Å². The summed E-state index contributed by atoms with van der Waals surface area (Å²) in [5.41, 5.74) is 5.21. The van der Waals surface area contributed by atoms with Crippen LogP contribution in [0.5, 0.6) is 0 Å². The first-order valence-electron chi connectivity index (χ1n) is 10.6. The van der Waals surface area contributed by atoms with E-state index in [1.165, 1.54) is 11.9 Å². The zero-order valence-corrected chi connectivity index (χ0v) is 18.3. The van der Waals surface area contributed by atoms with Crippen molar-refractivity contribution in [3.8, 4) is 22.5 Å². The van der Waals surface area contributed by atoms with Crippen molar-refractivity contribution < 1.29 is 4.79 Å². The molecule has 2 aromatic heterocycles. The number of rotatable bonds is 8. The van der Waals surface area contributed by atoms with Gasteiger partial charge in [0.05, 0.1) is 17.6 Å². The summed E-state index contributed by atoms with van der Waals surface area (Å²) in [6.07, 6.45) is 5.99. The molecule has 1 saturated carbocycles. The molecule has 0 saturated heterocycles. The lowest BCUT2D eigenvalue weighted by Crippen LogP contribution is -2.25. The third-order valence-electron chi connectivity index (χ3n) is 5.43. The van der Waals surface area contributed by atoms with Crippen LogP contribution in [0.3, 0.4) is 0 Å². The number of amides is 1. The van der Waals surface area contributed by atoms with E-state index in [2.05, 4.69) is 15.6 Å². The van der Waals surface area contributed by atoms with Gasteiger partial charge in [0.25, 0.3) is 5.91 Å². The Hall–Kier alpha value is -3.36. The summed E-state index contributed by atoms with van der Waals surface area (Å²) >= 11 is 1.29. The number of aromatic nitrogens is 3. The van der Waals surface area contributed by atoms with Crippen molar-refractivity contribution >= 4 is 29.3 Å². The lowest BCUT2D eigenvalue weighted by molar-refractivity contribution is 0.0951. The van der Waals surface area contributed by atoms with Crippen LogP contribution in [-0.2, 0) is 0 Å². The number of nitrogens with two attached hydrogens (primary N) is 1. The summed E-state index contributed by atoms with van der Waals surface area (Å²) in [7, 11) is 0. The first-order chi connectivity index (χ1) is 15.7. The van der Waals surface area contributed by atoms with Gasteiger partial charge in [-0.25, -0.2) is 9.97 Å². The fourth-order valence-electron chi connectivity index (χ4n) is 3.59. The standard InChI is InChI=1S/C24H24N6OS/c25-32-13-12-26-22-23-27-14-21(30(23)15-20(29-22)16-4-2-1-3-5-16)17-6-8-18(9-7-17)24(31)28-19-10-11-19/h1-9,14-15,19H,10-13,25H2,(H,26,29)(H,28,31). The van der Waals surface area contributed by atoms with Gasteiger partial charge in [0, 0.05) is 41.2 Å². The Morgan fingerprint density at radius 1 is 1.09 bits per heavy atom. The Morgan fingerprint density at radius 2 is 1.88 bits per heavy atom. The Kier molecular flexibility index (Phi) is 5.79. The Balaban J connectivity index is 1.53. The first-order valence-corrected chi connectivity index (χ1v) is 11.7. The van der Waals surface area contributed by atoms with Crippen molar-refractivity contribution in [2.75, 3.05) is 17.6 Å². The van der Waals surface area contributed by atoms with Crippen LogP contribution in [0.4, 0.5) is 5.82 Å². The SMILES string of the molecule is NSCCNc1nc(-c2ccccc2)cn2c(-c3ccc(C(=O)NC4CC4)cc3)cnc12. The number of benzene rings is 2. The van der Waals surface area contributed by atoms with Crippen LogP contribution in [0.2, 0.25) is 0 Å². The molecule has 32 heavy (non-hydrogen) atoms. The number of nitrogens with one attached hydrogen (secondary N) is 2. The number of hydrogen-bond acceptors (Lipinski definition) is 6. The highest BCUT2D eigenvalue weighted by Crippen LogP contribution is 2.28. The van der Waals surface area contributed by atoms with Crippen molar-refractivity contribution in [3.63, 3.8) is 0 Å². The van der Waals surface area contributed by atoms with E-state index < -0.39 is 0 Å². The van der Waals surface area contributed by atoms with Gasteiger partial charge < -0.3 is 10.6 Å². The maximum atomic E-state index is 12.3. The van der Waals surface area contributed by atoms with Crippen LogP contribution in [-0.4, -0.2) is 38.6 Å². The fraction of sp³-hybridized carbons (Fsp3) is 0.208. The molecule has 5 rings (SSSR count). The van der Waals surface area contributed by atoms with E-state index in [0.717, 1.165) is 46.8 Å². The molecule has 0 aliphatic heterocycles. The van der Waals surface area contributed by atoms with E-state index in [4.69, 9.17) is 10.1 Å². The number of carbonyl (C=O) groups is 1. The quantitative estimate of drug-likeness (QED) is 0.281. The van der Waals surface area contributed by atoms with E-state index in [0.29, 0.717) is 24.0 Å². The van der Waals surface area contributed by atoms with E-state index in [1.54, 1.807) is 0 Å². The molecule has 4 aromatic rings. The van der Waals surface area contributed by atoms with Gasteiger partial charge in [-0.15, -0.1) is 0 Å². The van der Waals surface area contributed by atoms with Gasteiger partial charge in [0.15, 0.2) is 11.5 Å². The van der Waals surface area contributed by atoms with Crippen molar-refractivity contribution in [2.24, 2.45) is 5.14 Å². The van der Waals surface area contributed by atoms with Gasteiger partial charge in [-0.1, -0.05) is 54.4 Å². The zero-order chi connectivity index (χ0) is 21.9. The van der Waals surface area contributed by atoms with Gasteiger partial charge in [0.1, 0.15) is 0 Å². The zero-order valence-electron chi connectivity index (χ0n) is 17.5. The summed E-state index contributed by atoms with van der Waals surface area (Å²) in [5, 5.41) is 12.0. The largest absolute Gasteiger partial charge is 0.366 e. The Morgan fingerprint density at radius 3 is 2.59 bits per heavy atom. The molecule has 7 nitrogen and oxygen atoms in total.